The summed E-state index contributed by atoms with van der Waals surface area (Å²) in [6, 6.07) is 7.17. The van der Waals surface area contributed by atoms with Crippen molar-refractivity contribution < 1.29 is 27.2 Å². The second-order valence-corrected chi connectivity index (χ2v) is 8.03. The van der Waals surface area contributed by atoms with Crippen molar-refractivity contribution in [2.75, 3.05) is 50.6 Å². The van der Waals surface area contributed by atoms with E-state index in [0.29, 0.717) is 25.4 Å². The first-order valence-corrected chi connectivity index (χ1v) is 10.2. The van der Waals surface area contributed by atoms with E-state index in [1.165, 1.54) is 0 Å². The van der Waals surface area contributed by atoms with Gasteiger partial charge in [-0.2, -0.15) is 8.42 Å². The Labute approximate surface area is 157 Å². The van der Waals surface area contributed by atoms with Crippen LogP contribution < -0.4 is 5.32 Å². The second-order valence-electron chi connectivity index (χ2n) is 6.27. The highest BCUT2D eigenvalue weighted by atomic mass is 32.2. The van der Waals surface area contributed by atoms with Crippen LogP contribution in [0.4, 0.5) is 5.69 Å². The molecule has 1 saturated heterocycles. The quantitative estimate of drug-likeness (QED) is 0.472. The predicted octanol–water partition coefficient (Wildman–Crippen LogP) is 0.774. The molecule has 27 heavy (non-hydrogen) atoms. The zero-order chi connectivity index (χ0) is 19.3. The molecule has 0 amide bonds. The number of hydrogen-bond acceptors (Lipinski definition) is 7. The summed E-state index contributed by atoms with van der Waals surface area (Å²) in [6.07, 6.45) is 1.70. The lowest BCUT2D eigenvalue weighted by Gasteiger charge is -2.26. The van der Waals surface area contributed by atoms with Crippen LogP contribution in [-0.4, -0.2) is 74.3 Å². The van der Waals surface area contributed by atoms with E-state index in [-0.39, 0.29) is 19.0 Å². The van der Waals surface area contributed by atoms with Crippen molar-refractivity contribution in [2.45, 2.75) is 6.54 Å². The lowest BCUT2D eigenvalue weighted by atomic mass is 10.2. The van der Waals surface area contributed by atoms with Gasteiger partial charge in [-0.25, -0.2) is 4.18 Å². The molecule has 2 heterocycles. The average molecular weight is 397 g/mol. The molecule has 1 aliphatic rings. The molecule has 3 rings (SSSR count). The van der Waals surface area contributed by atoms with Crippen LogP contribution in [0.15, 0.2) is 30.5 Å². The highest BCUT2D eigenvalue weighted by Crippen LogP contribution is 2.20. The van der Waals surface area contributed by atoms with E-state index in [1.807, 2.05) is 17.0 Å². The zero-order valence-corrected chi connectivity index (χ0v) is 15.7. The van der Waals surface area contributed by atoms with Crippen molar-refractivity contribution in [3.05, 3.63) is 30.5 Å². The number of aliphatic carboxylic acids is 1. The minimum Gasteiger partial charge on any atom is -0.480 e. The highest BCUT2D eigenvalue weighted by molar-refractivity contribution is 7.86. The molecule has 0 atom stereocenters. The molecular weight excluding hydrogens is 374 g/mol. The van der Waals surface area contributed by atoms with Crippen molar-refractivity contribution in [3.63, 3.8) is 0 Å². The maximum atomic E-state index is 12.0. The van der Waals surface area contributed by atoms with Gasteiger partial charge in [0.05, 0.1) is 19.0 Å². The van der Waals surface area contributed by atoms with Gasteiger partial charge in [0.15, 0.2) is 0 Å². The number of nitrogens with zero attached hydrogens (tertiary/aromatic N) is 2. The Kier molecular flexibility index (Phi) is 6.32. The van der Waals surface area contributed by atoms with Crippen LogP contribution in [0.5, 0.6) is 0 Å². The summed E-state index contributed by atoms with van der Waals surface area (Å²) in [5.74, 6) is -0.975. The Hall–Kier alpha value is -2.14. The van der Waals surface area contributed by atoms with Gasteiger partial charge in [-0.05, 0) is 24.3 Å². The normalized spacial score (nSPS) is 15.9. The van der Waals surface area contributed by atoms with Crippen LogP contribution >= 0.6 is 0 Å². The Morgan fingerprint density at radius 1 is 1.26 bits per heavy atom. The summed E-state index contributed by atoms with van der Waals surface area (Å²) in [7, 11) is -3.62. The van der Waals surface area contributed by atoms with E-state index in [2.05, 4.69) is 5.32 Å². The van der Waals surface area contributed by atoms with E-state index >= 15 is 0 Å². The van der Waals surface area contributed by atoms with Crippen molar-refractivity contribution >= 4 is 32.7 Å². The molecule has 1 aromatic heterocycles. The third-order valence-corrected chi connectivity index (χ3v) is 5.51. The lowest BCUT2D eigenvalue weighted by molar-refractivity contribution is -0.137. The van der Waals surface area contributed by atoms with Crippen LogP contribution in [0.1, 0.15) is 0 Å². The molecule has 2 N–H and O–H groups in total. The largest absolute Gasteiger partial charge is 0.480 e. The van der Waals surface area contributed by atoms with Gasteiger partial charge in [0.1, 0.15) is 13.3 Å². The lowest BCUT2D eigenvalue weighted by Crippen LogP contribution is -2.39. The molecule has 0 saturated carbocycles. The van der Waals surface area contributed by atoms with Crippen LogP contribution in [0.3, 0.4) is 0 Å². The molecule has 1 aromatic carbocycles. The first-order chi connectivity index (χ1) is 12.9. The maximum Gasteiger partial charge on any atom is 0.323 e. The van der Waals surface area contributed by atoms with Crippen molar-refractivity contribution in [3.8, 4) is 0 Å². The van der Waals surface area contributed by atoms with Gasteiger partial charge in [-0.1, -0.05) is 0 Å². The molecule has 10 heteroatoms. The maximum absolute atomic E-state index is 12.0. The van der Waals surface area contributed by atoms with Gasteiger partial charge in [0, 0.05) is 42.4 Å². The number of morpholine rings is 1. The SMILES string of the molecule is O=C(O)Cn1ccc2cc(NCOS(=O)(=O)CCN3CCOCC3)ccc21. The molecule has 0 unspecified atom stereocenters. The number of rotatable bonds is 9. The van der Waals surface area contributed by atoms with E-state index in [0.717, 1.165) is 24.0 Å². The van der Waals surface area contributed by atoms with Gasteiger partial charge in [-0.15, -0.1) is 0 Å². The van der Waals surface area contributed by atoms with Crippen LogP contribution in [-0.2, 0) is 30.4 Å². The number of fused-ring (bicyclic) bond motifs is 1. The van der Waals surface area contributed by atoms with Gasteiger partial charge in [0.2, 0.25) is 0 Å². The molecule has 0 bridgehead atoms. The molecule has 1 aliphatic heterocycles. The molecule has 1 fully saturated rings. The predicted molar refractivity (Wildman–Crippen MR) is 100 cm³/mol. The summed E-state index contributed by atoms with van der Waals surface area (Å²) in [5.41, 5.74) is 1.49. The summed E-state index contributed by atoms with van der Waals surface area (Å²) in [5, 5.41) is 12.7. The average Bonchev–Trinajstić information content (AvgIpc) is 3.02. The fourth-order valence-corrected chi connectivity index (χ4v) is 3.76. The fraction of sp³-hybridized carbons (Fsp3) is 0.471. The smallest absolute Gasteiger partial charge is 0.323 e. The number of benzene rings is 1. The number of ether oxygens (including phenoxy) is 1. The monoisotopic (exact) mass is 397 g/mol. The first-order valence-electron chi connectivity index (χ1n) is 8.65. The molecule has 9 nitrogen and oxygen atoms in total. The number of carboxylic acid groups (broad SMARTS) is 1. The Balaban J connectivity index is 1.49. The highest BCUT2D eigenvalue weighted by Gasteiger charge is 2.16. The molecule has 0 spiro atoms. The minimum absolute atomic E-state index is 0.0637. The summed E-state index contributed by atoms with van der Waals surface area (Å²) in [4.78, 5) is 12.9. The van der Waals surface area contributed by atoms with Gasteiger partial charge < -0.3 is 19.7 Å². The fourth-order valence-electron chi connectivity index (χ4n) is 2.92. The molecule has 2 aromatic rings. The van der Waals surface area contributed by atoms with Crippen molar-refractivity contribution in [1.82, 2.24) is 9.47 Å². The van der Waals surface area contributed by atoms with Crippen LogP contribution in [0.25, 0.3) is 10.9 Å². The zero-order valence-electron chi connectivity index (χ0n) is 14.8. The standard InChI is InChI=1S/C17H23N3O6S/c21-17(22)12-20-4-3-14-11-15(1-2-16(14)20)18-13-26-27(23,24)10-7-19-5-8-25-9-6-19/h1-4,11,18H,5-10,12-13H2,(H,21,22). The number of hydrogen-bond donors (Lipinski definition) is 2. The van der Waals surface area contributed by atoms with Crippen molar-refractivity contribution in [2.24, 2.45) is 0 Å². The molecule has 0 aliphatic carbocycles. The Morgan fingerprint density at radius 3 is 2.78 bits per heavy atom. The minimum atomic E-state index is -3.62. The third-order valence-electron chi connectivity index (χ3n) is 4.35. The van der Waals surface area contributed by atoms with E-state index in [4.69, 9.17) is 14.0 Å². The van der Waals surface area contributed by atoms with Gasteiger partial charge in [0.25, 0.3) is 10.1 Å². The van der Waals surface area contributed by atoms with Crippen molar-refractivity contribution in [1.29, 1.82) is 0 Å². The third kappa shape index (κ3) is 5.67. The second kappa shape index (κ2) is 8.70. The molecular formula is C17H23N3O6S. The number of carbonyl (C=O) groups is 1. The topological polar surface area (TPSA) is 110 Å². The summed E-state index contributed by atoms with van der Waals surface area (Å²) >= 11 is 0. The molecule has 0 radical (unpaired) electrons. The van der Waals surface area contributed by atoms with E-state index in [1.54, 1.807) is 22.9 Å². The number of carboxylic acids is 1. The van der Waals surface area contributed by atoms with Crippen LogP contribution in [0.2, 0.25) is 0 Å². The Bertz CT molecular complexity index is 889. The number of nitrogens with one attached hydrogen (secondary N) is 1. The number of aromatic nitrogens is 1. The van der Waals surface area contributed by atoms with E-state index in [9.17, 15) is 13.2 Å². The molecule has 148 valence electrons. The van der Waals surface area contributed by atoms with Crippen LogP contribution in [0, 0.1) is 0 Å². The van der Waals surface area contributed by atoms with E-state index < -0.39 is 16.1 Å². The first kappa shape index (κ1) is 19.6. The Morgan fingerprint density at radius 2 is 2.04 bits per heavy atom. The van der Waals surface area contributed by atoms with Gasteiger partial charge in [-0.3, -0.25) is 9.69 Å². The number of anilines is 1. The summed E-state index contributed by atoms with van der Waals surface area (Å²) < 4.78 is 35.9. The van der Waals surface area contributed by atoms with Gasteiger partial charge >= 0.3 is 5.97 Å². The summed E-state index contributed by atoms with van der Waals surface area (Å²) in [6.45, 7) is 2.87.